The van der Waals surface area contributed by atoms with E-state index in [2.05, 4.69) is 5.10 Å². The number of aryl methyl sites for hydroxylation is 1. The molecule has 1 aromatic heterocycles. The molecule has 0 unspecified atom stereocenters. The number of halogens is 1. The topological polar surface area (TPSA) is 93.0 Å². The predicted octanol–water partition coefficient (Wildman–Crippen LogP) is 4.24. The number of aromatic nitrogens is 1. The molecule has 1 saturated carbocycles. The zero-order valence-electron chi connectivity index (χ0n) is 14.3. The van der Waals surface area contributed by atoms with Gasteiger partial charge in [0.15, 0.2) is 0 Å². The highest BCUT2D eigenvalue weighted by Crippen LogP contribution is 2.32. The van der Waals surface area contributed by atoms with E-state index in [0.717, 1.165) is 29.4 Å². The smallest absolute Gasteiger partial charge is 0.312 e. The zero-order chi connectivity index (χ0) is 18.7. The van der Waals surface area contributed by atoms with Crippen molar-refractivity contribution >= 4 is 34.8 Å². The van der Waals surface area contributed by atoms with Crippen molar-refractivity contribution in [2.75, 3.05) is 0 Å². The van der Waals surface area contributed by atoms with E-state index in [0.29, 0.717) is 6.04 Å². The molecule has 1 aromatic carbocycles. The van der Waals surface area contributed by atoms with E-state index in [1.807, 2.05) is 12.3 Å². The van der Waals surface area contributed by atoms with Crippen molar-refractivity contribution in [2.24, 2.45) is 10.1 Å². The molecule has 9 heteroatoms. The van der Waals surface area contributed by atoms with Gasteiger partial charge in [-0.25, -0.2) is 4.68 Å². The molecule has 1 fully saturated rings. The van der Waals surface area contributed by atoms with E-state index in [9.17, 15) is 15.2 Å². The van der Waals surface area contributed by atoms with Gasteiger partial charge >= 0.3 is 5.69 Å². The van der Waals surface area contributed by atoms with Crippen molar-refractivity contribution in [3.8, 4) is 5.75 Å². The van der Waals surface area contributed by atoms with E-state index >= 15 is 0 Å². The Hall–Kier alpha value is -2.19. The first-order valence-electron chi connectivity index (χ1n) is 8.38. The Morgan fingerprint density at radius 1 is 1.38 bits per heavy atom. The van der Waals surface area contributed by atoms with Gasteiger partial charge in [0, 0.05) is 22.0 Å². The van der Waals surface area contributed by atoms with Crippen LogP contribution in [-0.2, 0) is 0 Å². The average Bonchev–Trinajstić information content (AvgIpc) is 2.96. The van der Waals surface area contributed by atoms with Gasteiger partial charge in [-0.2, -0.15) is 5.10 Å². The van der Waals surface area contributed by atoms with Gasteiger partial charge in [0.2, 0.25) is 10.6 Å². The Kier molecular flexibility index (Phi) is 5.73. The second kappa shape index (κ2) is 8.01. The summed E-state index contributed by atoms with van der Waals surface area (Å²) < 4.78 is 1.69. The van der Waals surface area contributed by atoms with Crippen LogP contribution in [0.25, 0.3) is 0 Å². The number of rotatable bonds is 4. The van der Waals surface area contributed by atoms with E-state index in [1.54, 1.807) is 4.68 Å². The molecule has 0 aliphatic heterocycles. The number of nitro groups is 1. The molecule has 0 atom stereocenters. The Morgan fingerprint density at radius 3 is 2.81 bits per heavy atom. The second-order valence-corrected chi connectivity index (χ2v) is 7.53. The summed E-state index contributed by atoms with van der Waals surface area (Å²) in [6.07, 6.45) is 7.20. The van der Waals surface area contributed by atoms with Gasteiger partial charge in [0.25, 0.3) is 0 Å². The van der Waals surface area contributed by atoms with Gasteiger partial charge in [-0.15, -0.1) is 11.3 Å². The summed E-state index contributed by atoms with van der Waals surface area (Å²) in [5, 5.41) is 27.6. The van der Waals surface area contributed by atoms with Crippen molar-refractivity contribution in [1.29, 1.82) is 0 Å². The van der Waals surface area contributed by atoms with Gasteiger partial charge in [0.1, 0.15) is 0 Å². The van der Waals surface area contributed by atoms with Crippen LogP contribution in [0, 0.1) is 17.0 Å². The van der Waals surface area contributed by atoms with Crippen LogP contribution in [-0.4, -0.2) is 27.0 Å². The fourth-order valence-electron chi connectivity index (χ4n) is 2.94. The maximum absolute atomic E-state index is 11.0. The van der Waals surface area contributed by atoms with E-state index in [4.69, 9.17) is 16.6 Å². The number of nitrogens with zero attached hydrogens (tertiary/aromatic N) is 4. The molecule has 3 rings (SSSR count). The first kappa shape index (κ1) is 18.6. The number of phenolic OH excluding ortho intramolecular Hbond substituents is 1. The molecule has 2 aromatic rings. The number of hydrogen-bond donors (Lipinski definition) is 1. The SMILES string of the molecule is Cc1csc(=NC2CCCCC2)n1N=Cc1cc(Cl)cc([N+](=O)[O-])c1O. The van der Waals surface area contributed by atoms with Crippen molar-refractivity contribution in [3.63, 3.8) is 0 Å². The summed E-state index contributed by atoms with van der Waals surface area (Å²) in [5.41, 5.74) is 0.640. The molecule has 26 heavy (non-hydrogen) atoms. The number of nitro benzene ring substituents is 1. The number of hydrogen-bond acceptors (Lipinski definition) is 6. The second-order valence-electron chi connectivity index (χ2n) is 6.26. The standard InChI is InChI=1S/C17H19ClN4O3S/c1-11-10-26-17(20-14-5-3-2-4-6-14)21(11)19-9-12-7-13(18)8-15(16(12)23)22(24)25/h7-10,14,23H,2-6H2,1H3. The molecule has 1 N–H and O–H groups in total. The molecular formula is C17H19ClN4O3S. The maximum atomic E-state index is 11.0. The van der Waals surface area contributed by atoms with Crippen LogP contribution in [0.5, 0.6) is 5.75 Å². The molecule has 7 nitrogen and oxygen atoms in total. The molecule has 0 amide bonds. The maximum Gasteiger partial charge on any atom is 0.312 e. The highest BCUT2D eigenvalue weighted by molar-refractivity contribution is 7.07. The lowest BCUT2D eigenvalue weighted by Crippen LogP contribution is -2.19. The van der Waals surface area contributed by atoms with Crippen LogP contribution in [0.2, 0.25) is 5.02 Å². The number of thiazole rings is 1. The van der Waals surface area contributed by atoms with E-state index in [1.165, 1.54) is 42.9 Å². The van der Waals surface area contributed by atoms with Crippen LogP contribution < -0.4 is 4.80 Å². The third-order valence-corrected chi connectivity index (χ3v) is 5.48. The summed E-state index contributed by atoms with van der Waals surface area (Å²) >= 11 is 7.42. The molecule has 0 radical (unpaired) electrons. The number of phenols is 1. The zero-order valence-corrected chi connectivity index (χ0v) is 15.8. The monoisotopic (exact) mass is 394 g/mol. The molecule has 0 spiro atoms. The van der Waals surface area contributed by atoms with Gasteiger partial charge in [-0.05, 0) is 25.8 Å². The van der Waals surface area contributed by atoms with Crippen LogP contribution >= 0.6 is 22.9 Å². The summed E-state index contributed by atoms with van der Waals surface area (Å²) in [6, 6.07) is 2.86. The Bertz CT molecular complexity index is 913. The number of benzene rings is 1. The van der Waals surface area contributed by atoms with Crippen molar-refractivity contribution in [1.82, 2.24) is 4.68 Å². The first-order valence-corrected chi connectivity index (χ1v) is 9.63. The lowest BCUT2D eigenvalue weighted by molar-refractivity contribution is -0.385. The molecule has 138 valence electrons. The minimum absolute atomic E-state index is 0.162. The summed E-state index contributed by atoms with van der Waals surface area (Å²) in [5.74, 6) is -0.456. The Morgan fingerprint density at radius 2 is 2.12 bits per heavy atom. The fourth-order valence-corrected chi connectivity index (χ4v) is 4.04. The lowest BCUT2D eigenvalue weighted by atomic mass is 9.96. The molecule has 0 saturated heterocycles. The van der Waals surface area contributed by atoms with Crippen LogP contribution in [0.1, 0.15) is 43.4 Å². The normalized spacial score (nSPS) is 16.5. The highest BCUT2D eigenvalue weighted by atomic mass is 35.5. The Balaban J connectivity index is 1.96. The molecule has 0 bridgehead atoms. The van der Waals surface area contributed by atoms with E-state index in [-0.39, 0.29) is 10.6 Å². The van der Waals surface area contributed by atoms with Gasteiger partial charge in [-0.1, -0.05) is 30.9 Å². The highest BCUT2D eigenvalue weighted by Gasteiger charge is 2.18. The van der Waals surface area contributed by atoms with Crippen LogP contribution in [0.15, 0.2) is 27.6 Å². The van der Waals surface area contributed by atoms with Crippen LogP contribution in [0.4, 0.5) is 5.69 Å². The van der Waals surface area contributed by atoms with Crippen molar-refractivity contribution in [3.05, 3.63) is 48.7 Å². The fraction of sp³-hybridized carbons (Fsp3) is 0.412. The summed E-state index contributed by atoms with van der Waals surface area (Å²) in [4.78, 5) is 15.9. The summed E-state index contributed by atoms with van der Waals surface area (Å²) in [6.45, 7) is 1.91. The number of aromatic hydroxyl groups is 1. The van der Waals surface area contributed by atoms with Crippen molar-refractivity contribution in [2.45, 2.75) is 45.1 Å². The quantitative estimate of drug-likeness (QED) is 0.477. The molecular weight excluding hydrogens is 376 g/mol. The molecule has 1 aliphatic rings. The third-order valence-electron chi connectivity index (χ3n) is 4.31. The minimum atomic E-state index is -0.675. The largest absolute Gasteiger partial charge is 0.502 e. The minimum Gasteiger partial charge on any atom is -0.502 e. The first-order chi connectivity index (χ1) is 12.5. The van der Waals surface area contributed by atoms with Gasteiger partial charge in [0.05, 0.1) is 22.9 Å². The average molecular weight is 395 g/mol. The van der Waals surface area contributed by atoms with E-state index < -0.39 is 16.4 Å². The Labute approximate surface area is 159 Å². The van der Waals surface area contributed by atoms with Crippen molar-refractivity contribution < 1.29 is 10.0 Å². The van der Waals surface area contributed by atoms with Gasteiger partial charge < -0.3 is 5.11 Å². The van der Waals surface area contributed by atoms with Gasteiger partial charge in [-0.3, -0.25) is 15.1 Å². The van der Waals surface area contributed by atoms with Crippen LogP contribution in [0.3, 0.4) is 0 Å². The molecule has 1 aliphatic carbocycles. The molecule has 1 heterocycles. The summed E-state index contributed by atoms with van der Waals surface area (Å²) in [7, 11) is 0. The lowest BCUT2D eigenvalue weighted by Gasteiger charge is -2.16. The third kappa shape index (κ3) is 4.13. The predicted molar refractivity (Wildman–Crippen MR) is 102 cm³/mol.